The Bertz CT molecular complexity index is 2260. The van der Waals surface area contributed by atoms with E-state index in [-0.39, 0.29) is 58.9 Å². The lowest BCUT2D eigenvalue weighted by atomic mass is 9.86. The van der Waals surface area contributed by atoms with Crippen molar-refractivity contribution in [3.05, 3.63) is 92.9 Å². The molecule has 0 radical (unpaired) electrons. The number of rotatable bonds is 9. The minimum Gasteiger partial charge on any atom is -0.380 e. The second kappa shape index (κ2) is 14.1. The Labute approximate surface area is 308 Å². The molecule has 1 unspecified atom stereocenters. The first-order valence-electron chi connectivity index (χ1n) is 18.1. The first kappa shape index (κ1) is 35.0. The average molecular weight is 736 g/mol. The van der Waals surface area contributed by atoms with Gasteiger partial charge in [0.25, 0.3) is 23.3 Å². The summed E-state index contributed by atoms with van der Waals surface area (Å²) in [6.07, 6.45) is 5.23. The van der Waals surface area contributed by atoms with E-state index in [2.05, 4.69) is 40.7 Å². The fraction of sp³-hybridized carbons (Fsp3) is 0.368. The summed E-state index contributed by atoms with van der Waals surface area (Å²) in [6, 6.07) is 8.21. The van der Waals surface area contributed by atoms with Gasteiger partial charge in [-0.1, -0.05) is 6.92 Å². The van der Waals surface area contributed by atoms with Crippen LogP contribution in [0.15, 0.2) is 53.6 Å². The normalized spacial score (nSPS) is 21.6. The third-order valence-corrected chi connectivity index (χ3v) is 10.7. The van der Waals surface area contributed by atoms with Crippen LogP contribution in [0.1, 0.15) is 74.9 Å². The Balaban J connectivity index is 0.803. The molecule has 2 saturated heterocycles. The number of fused-ring (bicyclic) bond motifs is 2. The summed E-state index contributed by atoms with van der Waals surface area (Å²) < 4.78 is 15.1. The van der Waals surface area contributed by atoms with E-state index >= 15 is 4.39 Å². The lowest BCUT2D eigenvalue weighted by molar-refractivity contribution is -0.136. The number of imide groups is 2. The predicted octanol–water partition coefficient (Wildman–Crippen LogP) is 2.12. The minimum atomic E-state index is -1.14. The highest BCUT2D eigenvalue weighted by molar-refractivity contribution is 6.23. The maximum Gasteiger partial charge on any atom is 0.270 e. The van der Waals surface area contributed by atoms with Crippen LogP contribution in [0.5, 0.6) is 0 Å². The second-order valence-electron chi connectivity index (χ2n) is 14.2. The number of carbonyl (C=O) groups is 5. The van der Waals surface area contributed by atoms with Gasteiger partial charge in [-0.25, -0.2) is 9.37 Å². The fourth-order valence-corrected chi connectivity index (χ4v) is 7.58. The van der Waals surface area contributed by atoms with E-state index in [4.69, 9.17) is 0 Å². The molecule has 1 saturated carbocycles. The average Bonchev–Trinajstić information content (AvgIpc) is 3.38. The Morgan fingerprint density at radius 3 is 2.39 bits per heavy atom. The maximum absolute atomic E-state index is 15.1. The third kappa shape index (κ3) is 6.68. The van der Waals surface area contributed by atoms with Gasteiger partial charge in [0.05, 0.1) is 39.7 Å². The van der Waals surface area contributed by atoms with Crippen LogP contribution in [-0.4, -0.2) is 98.6 Å². The van der Waals surface area contributed by atoms with Gasteiger partial charge in [0, 0.05) is 63.0 Å². The van der Waals surface area contributed by atoms with E-state index in [0.29, 0.717) is 19.3 Å². The van der Waals surface area contributed by atoms with Crippen molar-refractivity contribution in [2.45, 2.75) is 63.7 Å². The minimum absolute atomic E-state index is 0.00854. The summed E-state index contributed by atoms with van der Waals surface area (Å²) >= 11 is 0. The number of H-pyrrole nitrogens is 1. The number of aromatic amines is 1. The van der Waals surface area contributed by atoms with Crippen LogP contribution < -0.4 is 26.4 Å². The van der Waals surface area contributed by atoms with Crippen LogP contribution >= 0.6 is 0 Å². The highest BCUT2D eigenvalue weighted by atomic mass is 19.1. The van der Waals surface area contributed by atoms with Crippen LogP contribution in [0.3, 0.4) is 0 Å². The van der Waals surface area contributed by atoms with E-state index in [1.54, 1.807) is 12.3 Å². The fourth-order valence-electron chi connectivity index (χ4n) is 7.58. The summed E-state index contributed by atoms with van der Waals surface area (Å²) in [5, 5.41) is 8.17. The van der Waals surface area contributed by atoms with Gasteiger partial charge in [-0.3, -0.25) is 48.9 Å². The molecule has 4 aromatic rings. The molecule has 1 aromatic carbocycles. The van der Waals surface area contributed by atoms with E-state index in [1.165, 1.54) is 6.07 Å². The molecule has 15 nitrogen and oxygen atoms in total. The number of nitrogens with zero attached hydrogens (tertiary/aromatic N) is 5. The summed E-state index contributed by atoms with van der Waals surface area (Å²) in [4.78, 5) is 92.5. The molecule has 16 heteroatoms. The standard InChI is InChI=1S/C38H38FN9O6/c1-2-21-12-30-31(44-34(21)50)11-20(17-40-30)19-46-7-9-47(10-8-46)24-3-4-28(41-18-24)35(51)43-23-13-22(14-23)42-29-16-26-25(15-27(29)39)37(53)48(38(26)54)32-5-6-33(49)45-36(32)52/h3-4,11-12,15-18,22-23,32,42H,2,5-10,13-14,19H2,1H3,(H,43,51)(H,44,50)(H,45,49,52)/t22-,23-,32?. The predicted molar refractivity (Wildman–Crippen MR) is 194 cm³/mol. The molecule has 278 valence electrons. The zero-order valence-corrected chi connectivity index (χ0v) is 29.5. The Kier molecular flexibility index (Phi) is 9.13. The molecule has 54 heavy (non-hydrogen) atoms. The molecule has 1 atom stereocenters. The zero-order valence-electron chi connectivity index (χ0n) is 29.5. The van der Waals surface area contributed by atoms with E-state index in [1.807, 2.05) is 31.3 Å². The quantitative estimate of drug-likeness (QED) is 0.184. The van der Waals surface area contributed by atoms with Crippen molar-refractivity contribution in [1.82, 2.24) is 35.4 Å². The summed E-state index contributed by atoms with van der Waals surface area (Å²) in [7, 11) is 0. The summed E-state index contributed by atoms with van der Waals surface area (Å²) in [5.41, 5.74) is 4.31. The Morgan fingerprint density at radius 1 is 0.926 bits per heavy atom. The van der Waals surface area contributed by atoms with E-state index in [9.17, 15) is 28.8 Å². The highest BCUT2D eigenvalue weighted by Gasteiger charge is 2.45. The first-order valence-corrected chi connectivity index (χ1v) is 18.1. The first-order chi connectivity index (χ1) is 26.0. The molecule has 6 heterocycles. The molecule has 4 aliphatic rings. The number of piperidine rings is 1. The van der Waals surface area contributed by atoms with Crippen molar-refractivity contribution >= 4 is 51.9 Å². The molecule has 0 bridgehead atoms. The maximum atomic E-state index is 15.1. The number of aryl methyl sites for hydroxylation is 1. The van der Waals surface area contributed by atoms with Gasteiger partial charge in [-0.2, -0.15) is 0 Å². The highest BCUT2D eigenvalue weighted by Crippen LogP contribution is 2.33. The van der Waals surface area contributed by atoms with Crippen molar-refractivity contribution in [1.29, 1.82) is 0 Å². The number of anilines is 2. The number of hydrogen-bond donors (Lipinski definition) is 4. The lowest BCUT2D eigenvalue weighted by Crippen LogP contribution is -2.54. The number of hydrogen-bond acceptors (Lipinski definition) is 11. The number of piperazine rings is 1. The molecule has 3 aliphatic heterocycles. The number of carbonyl (C=O) groups excluding carboxylic acids is 5. The van der Waals surface area contributed by atoms with Crippen molar-refractivity contribution < 1.29 is 28.4 Å². The number of amides is 5. The van der Waals surface area contributed by atoms with Gasteiger partial charge in [0.15, 0.2) is 0 Å². The topological polar surface area (TPSA) is 190 Å². The van der Waals surface area contributed by atoms with Gasteiger partial charge in [0.1, 0.15) is 17.6 Å². The van der Waals surface area contributed by atoms with Crippen molar-refractivity contribution in [2.24, 2.45) is 0 Å². The van der Waals surface area contributed by atoms with Crippen LogP contribution in [-0.2, 0) is 22.6 Å². The smallest absolute Gasteiger partial charge is 0.270 e. The van der Waals surface area contributed by atoms with Gasteiger partial charge in [-0.15, -0.1) is 0 Å². The number of pyridine rings is 3. The molecular weight excluding hydrogens is 697 g/mol. The third-order valence-electron chi connectivity index (χ3n) is 10.7. The van der Waals surface area contributed by atoms with Crippen molar-refractivity contribution in [3.8, 4) is 0 Å². The van der Waals surface area contributed by atoms with Crippen LogP contribution in [0.2, 0.25) is 0 Å². The Morgan fingerprint density at radius 2 is 1.69 bits per heavy atom. The number of halogens is 1. The molecular formula is C38H38FN9O6. The van der Waals surface area contributed by atoms with Gasteiger partial charge >= 0.3 is 0 Å². The number of aromatic nitrogens is 3. The van der Waals surface area contributed by atoms with Crippen molar-refractivity contribution in [2.75, 3.05) is 36.4 Å². The van der Waals surface area contributed by atoms with Gasteiger partial charge < -0.3 is 20.5 Å². The van der Waals surface area contributed by atoms with Crippen LogP contribution in [0, 0.1) is 5.82 Å². The molecule has 5 amide bonds. The van der Waals surface area contributed by atoms with Gasteiger partial charge in [0.2, 0.25) is 11.8 Å². The monoisotopic (exact) mass is 735 g/mol. The summed E-state index contributed by atoms with van der Waals surface area (Å²) in [5.74, 6) is -3.73. The van der Waals surface area contributed by atoms with Crippen LogP contribution in [0.4, 0.5) is 15.8 Å². The SMILES string of the molecule is CCc1cc2ncc(CN3CCN(c4ccc(C(=O)N[C@H]5C[C@H](Nc6cc7c(cc6F)C(=O)N(C6CCC(=O)NC6=O)C7=O)C5)nc4)CC3)cc2[nH]c1=O. The largest absolute Gasteiger partial charge is 0.380 e. The van der Waals surface area contributed by atoms with Crippen molar-refractivity contribution in [3.63, 3.8) is 0 Å². The molecule has 3 fully saturated rings. The molecule has 1 aliphatic carbocycles. The lowest BCUT2D eigenvalue weighted by Gasteiger charge is -2.37. The molecule has 0 spiro atoms. The van der Waals surface area contributed by atoms with Gasteiger partial charge in [-0.05, 0) is 67.6 Å². The van der Waals surface area contributed by atoms with Crippen LogP contribution in [0.25, 0.3) is 11.0 Å². The molecule has 4 N–H and O–H groups in total. The number of nitrogens with one attached hydrogen (secondary N) is 4. The molecule has 8 rings (SSSR count). The second-order valence-corrected chi connectivity index (χ2v) is 14.2. The zero-order chi connectivity index (χ0) is 37.7. The van der Waals surface area contributed by atoms with E-state index in [0.717, 1.165) is 71.5 Å². The van der Waals surface area contributed by atoms with E-state index < -0.39 is 35.5 Å². The summed E-state index contributed by atoms with van der Waals surface area (Å²) in [6.45, 7) is 5.89. The molecule has 3 aromatic heterocycles. The Hall–Kier alpha value is -6.03. The number of benzene rings is 1.